The van der Waals surface area contributed by atoms with Crippen LogP contribution >= 0.6 is 0 Å². The van der Waals surface area contributed by atoms with Crippen LogP contribution in [0.1, 0.15) is 13.8 Å². The van der Waals surface area contributed by atoms with E-state index < -0.39 is 0 Å². The summed E-state index contributed by atoms with van der Waals surface area (Å²) in [4.78, 5) is 13.4. The summed E-state index contributed by atoms with van der Waals surface area (Å²) in [5.41, 5.74) is 0.760. The van der Waals surface area contributed by atoms with Gasteiger partial charge in [-0.25, -0.2) is 5.01 Å². The molecule has 1 heterocycles. The maximum Gasteiger partial charge on any atom is 0.144 e. The van der Waals surface area contributed by atoms with E-state index in [1.165, 1.54) is 5.01 Å². The van der Waals surface area contributed by atoms with Crippen molar-refractivity contribution in [2.75, 3.05) is 31.3 Å². The molecule has 1 atom stereocenters. The molecule has 0 N–H and O–H groups in total. The molecule has 0 amide bonds. The third-order valence-corrected chi connectivity index (χ3v) is 3.34. The summed E-state index contributed by atoms with van der Waals surface area (Å²) in [5.74, 6) is 0.730. The predicted molar refractivity (Wildman–Crippen MR) is 71.8 cm³/mol. The molecule has 0 spiro atoms. The van der Waals surface area contributed by atoms with Gasteiger partial charge >= 0.3 is 0 Å². The monoisotopic (exact) mass is 249 g/mol. The van der Waals surface area contributed by atoms with Crippen LogP contribution in [0.15, 0.2) is 29.6 Å². The highest BCUT2D eigenvalue weighted by atomic mass is 16.5. The number of rotatable bonds is 5. The molecule has 1 aliphatic rings. The molecule has 0 saturated heterocycles. The van der Waals surface area contributed by atoms with Gasteiger partial charge in [0.15, 0.2) is 0 Å². The zero-order valence-corrected chi connectivity index (χ0v) is 10.9. The van der Waals surface area contributed by atoms with E-state index in [0.717, 1.165) is 31.1 Å². The Labute approximate surface area is 107 Å². The third kappa shape index (κ3) is 2.46. The van der Waals surface area contributed by atoms with Gasteiger partial charge in [-0.15, -0.1) is 4.91 Å². The minimum absolute atomic E-state index is 0.0164. The van der Waals surface area contributed by atoms with E-state index >= 15 is 0 Å². The lowest BCUT2D eigenvalue weighted by Gasteiger charge is -2.35. The molecule has 0 saturated carbocycles. The van der Waals surface area contributed by atoms with Gasteiger partial charge in [0.25, 0.3) is 0 Å². The van der Waals surface area contributed by atoms with Crippen molar-refractivity contribution in [2.45, 2.75) is 19.9 Å². The highest BCUT2D eigenvalue weighted by Crippen LogP contribution is 2.33. The van der Waals surface area contributed by atoms with Crippen LogP contribution in [0, 0.1) is 4.91 Å². The Hall–Kier alpha value is -1.62. The molecule has 0 bridgehead atoms. The average molecular weight is 249 g/mol. The standard InChI is InChI=1S/C13H19N3O2/c1-3-15(4-2)9-11-10-18-13-8-6-5-7-12(13)16(11)14-17/h5-8,11H,3-4,9-10H2,1-2H3. The van der Waals surface area contributed by atoms with Crippen molar-refractivity contribution in [3.8, 4) is 5.75 Å². The van der Waals surface area contributed by atoms with Crippen LogP contribution in [-0.2, 0) is 0 Å². The van der Waals surface area contributed by atoms with Gasteiger partial charge in [-0.3, -0.25) is 0 Å². The fraction of sp³-hybridized carbons (Fsp3) is 0.538. The normalized spacial score (nSPS) is 18.4. The van der Waals surface area contributed by atoms with Gasteiger partial charge in [-0.05, 0) is 25.2 Å². The number of nitroso groups, excluding NO2 is 1. The Morgan fingerprint density at radius 1 is 1.39 bits per heavy atom. The fourth-order valence-electron chi connectivity index (χ4n) is 2.24. The Morgan fingerprint density at radius 3 is 2.78 bits per heavy atom. The second-order valence-corrected chi connectivity index (χ2v) is 4.34. The quantitative estimate of drug-likeness (QED) is 0.751. The Bertz CT molecular complexity index is 407. The van der Waals surface area contributed by atoms with Crippen LogP contribution in [0.4, 0.5) is 5.69 Å². The minimum Gasteiger partial charge on any atom is -0.489 e. The number of likely N-dealkylation sites (N-methyl/N-ethyl adjacent to an activating group) is 1. The van der Waals surface area contributed by atoms with E-state index in [1.54, 1.807) is 0 Å². The van der Waals surface area contributed by atoms with Crippen LogP contribution < -0.4 is 9.75 Å². The Morgan fingerprint density at radius 2 is 2.11 bits per heavy atom. The number of nitrogens with zero attached hydrogens (tertiary/aromatic N) is 3. The summed E-state index contributed by atoms with van der Waals surface area (Å²) in [6.45, 7) is 7.43. The first-order chi connectivity index (χ1) is 8.80. The lowest BCUT2D eigenvalue weighted by Crippen LogP contribution is -2.47. The van der Waals surface area contributed by atoms with Crippen molar-refractivity contribution < 1.29 is 4.74 Å². The van der Waals surface area contributed by atoms with E-state index in [4.69, 9.17) is 4.74 Å². The number of benzene rings is 1. The predicted octanol–water partition coefficient (Wildman–Crippen LogP) is 2.28. The number of ether oxygens (including phenoxy) is 1. The van der Waals surface area contributed by atoms with Crippen LogP contribution in [0.5, 0.6) is 5.75 Å². The van der Waals surface area contributed by atoms with Crippen LogP contribution in [-0.4, -0.2) is 37.2 Å². The van der Waals surface area contributed by atoms with Crippen molar-refractivity contribution in [3.05, 3.63) is 29.2 Å². The van der Waals surface area contributed by atoms with Crippen molar-refractivity contribution in [2.24, 2.45) is 5.29 Å². The molecule has 0 aliphatic carbocycles. The second kappa shape index (κ2) is 5.82. The molecule has 5 heteroatoms. The van der Waals surface area contributed by atoms with Crippen molar-refractivity contribution >= 4 is 5.69 Å². The Balaban J connectivity index is 2.17. The highest BCUT2D eigenvalue weighted by Gasteiger charge is 2.29. The molecule has 2 rings (SSSR count). The highest BCUT2D eigenvalue weighted by molar-refractivity contribution is 5.59. The summed E-state index contributed by atoms with van der Waals surface area (Å²) in [6.07, 6.45) is 0. The van der Waals surface area contributed by atoms with E-state index in [1.807, 2.05) is 24.3 Å². The molecule has 1 aliphatic heterocycles. The number of anilines is 1. The minimum atomic E-state index is -0.0164. The molecule has 1 aromatic rings. The number of hydrogen-bond acceptors (Lipinski definition) is 4. The molecule has 0 aromatic heterocycles. The van der Waals surface area contributed by atoms with Gasteiger partial charge in [-0.2, -0.15) is 0 Å². The number of fused-ring (bicyclic) bond motifs is 1. The zero-order chi connectivity index (χ0) is 13.0. The summed E-state index contributed by atoms with van der Waals surface area (Å²) in [7, 11) is 0. The maximum absolute atomic E-state index is 11.1. The first kappa shape index (κ1) is 12.8. The largest absolute Gasteiger partial charge is 0.489 e. The molecular weight excluding hydrogens is 230 g/mol. The Kier molecular flexibility index (Phi) is 4.15. The molecule has 0 fully saturated rings. The average Bonchev–Trinajstić information content (AvgIpc) is 2.44. The summed E-state index contributed by atoms with van der Waals surface area (Å²) < 4.78 is 5.69. The van der Waals surface area contributed by atoms with Crippen LogP contribution in [0.3, 0.4) is 0 Å². The van der Waals surface area contributed by atoms with Crippen molar-refractivity contribution in [3.63, 3.8) is 0 Å². The molecule has 98 valence electrons. The maximum atomic E-state index is 11.1. The first-order valence-corrected chi connectivity index (χ1v) is 6.36. The SMILES string of the molecule is CCN(CC)CC1COc2ccccc2N1N=O. The summed E-state index contributed by atoms with van der Waals surface area (Å²) >= 11 is 0. The van der Waals surface area contributed by atoms with Gasteiger partial charge in [0, 0.05) is 6.54 Å². The smallest absolute Gasteiger partial charge is 0.144 e. The molecule has 18 heavy (non-hydrogen) atoms. The number of para-hydroxylation sites is 2. The van der Waals surface area contributed by atoms with Gasteiger partial charge in [0.1, 0.15) is 24.1 Å². The summed E-state index contributed by atoms with van der Waals surface area (Å²) in [5, 5.41) is 4.71. The molecule has 1 unspecified atom stereocenters. The van der Waals surface area contributed by atoms with E-state index in [2.05, 4.69) is 24.0 Å². The zero-order valence-electron chi connectivity index (χ0n) is 10.9. The fourth-order valence-corrected chi connectivity index (χ4v) is 2.24. The van der Waals surface area contributed by atoms with Gasteiger partial charge < -0.3 is 9.64 Å². The van der Waals surface area contributed by atoms with E-state index in [-0.39, 0.29) is 6.04 Å². The molecule has 5 nitrogen and oxygen atoms in total. The van der Waals surface area contributed by atoms with Crippen molar-refractivity contribution in [1.29, 1.82) is 0 Å². The second-order valence-electron chi connectivity index (χ2n) is 4.34. The molecule has 1 aromatic carbocycles. The van der Waals surface area contributed by atoms with Crippen LogP contribution in [0.2, 0.25) is 0 Å². The van der Waals surface area contributed by atoms with Gasteiger partial charge in [0.05, 0.1) is 5.29 Å². The molecule has 0 radical (unpaired) electrons. The van der Waals surface area contributed by atoms with Crippen molar-refractivity contribution in [1.82, 2.24) is 4.90 Å². The lowest BCUT2D eigenvalue weighted by atomic mass is 10.2. The van der Waals surface area contributed by atoms with E-state index in [9.17, 15) is 4.91 Å². The first-order valence-electron chi connectivity index (χ1n) is 6.36. The number of hydrogen-bond donors (Lipinski definition) is 0. The molecular formula is C13H19N3O2. The van der Waals surface area contributed by atoms with Gasteiger partial charge in [0.2, 0.25) is 0 Å². The third-order valence-electron chi connectivity index (χ3n) is 3.34. The van der Waals surface area contributed by atoms with Crippen LogP contribution in [0.25, 0.3) is 0 Å². The lowest BCUT2D eigenvalue weighted by molar-refractivity contribution is 0.206. The van der Waals surface area contributed by atoms with E-state index in [0.29, 0.717) is 6.61 Å². The topological polar surface area (TPSA) is 45.1 Å². The summed E-state index contributed by atoms with van der Waals surface area (Å²) in [6, 6.07) is 7.50. The van der Waals surface area contributed by atoms with Gasteiger partial charge in [-0.1, -0.05) is 26.0 Å².